The number of nitrogens with one attached hydrogen (secondary N) is 1. The Morgan fingerprint density at radius 1 is 1.26 bits per heavy atom. The normalized spacial score (nSPS) is 13.9. The molecule has 1 unspecified atom stereocenters. The average Bonchev–Trinajstić information content (AvgIpc) is 2.37. The van der Waals surface area contributed by atoms with Crippen LogP contribution in [0.15, 0.2) is 30.3 Å². The number of rotatable bonds is 6. The zero-order valence-corrected chi connectivity index (χ0v) is 11.2. The zero-order valence-electron chi connectivity index (χ0n) is 11.2. The molecule has 19 heavy (non-hydrogen) atoms. The van der Waals surface area contributed by atoms with Crippen molar-refractivity contribution in [2.75, 3.05) is 6.54 Å². The van der Waals surface area contributed by atoms with Crippen molar-refractivity contribution in [2.24, 2.45) is 11.7 Å². The Balaban J connectivity index is 2.83. The van der Waals surface area contributed by atoms with E-state index in [1.165, 1.54) is 0 Å². The SMILES string of the molecule is CC(C)[C@@H](NC(=O)C(CN)c1ccccc1)C(=O)O. The highest BCUT2D eigenvalue weighted by molar-refractivity contribution is 5.88. The molecule has 0 heterocycles. The van der Waals surface area contributed by atoms with Crippen LogP contribution in [0.3, 0.4) is 0 Å². The van der Waals surface area contributed by atoms with E-state index >= 15 is 0 Å². The van der Waals surface area contributed by atoms with Gasteiger partial charge in [-0.25, -0.2) is 4.79 Å². The van der Waals surface area contributed by atoms with E-state index in [-0.39, 0.29) is 18.4 Å². The van der Waals surface area contributed by atoms with Crippen LogP contribution in [-0.2, 0) is 9.59 Å². The van der Waals surface area contributed by atoms with Crippen molar-refractivity contribution in [1.29, 1.82) is 0 Å². The fourth-order valence-corrected chi connectivity index (χ4v) is 1.85. The highest BCUT2D eigenvalue weighted by Gasteiger charge is 2.27. The van der Waals surface area contributed by atoms with E-state index in [0.29, 0.717) is 0 Å². The number of hydrogen-bond acceptors (Lipinski definition) is 3. The van der Waals surface area contributed by atoms with Crippen LogP contribution in [0.4, 0.5) is 0 Å². The van der Waals surface area contributed by atoms with E-state index < -0.39 is 17.9 Å². The Bertz CT molecular complexity index is 432. The maximum Gasteiger partial charge on any atom is 0.326 e. The number of hydrogen-bond donors (Lipinski definition) is 3. The molecule has 0 spiro atoms. The Morgan fingerprint density at radius 3 is 2.26 bits per heavy atom. The first-order chi connectivity index (χ1) is 8.97. The van der Waals surface area contributed by atoms with Gasteiger partial charge in [-0.3, -0.25) is 4.79 Å². The summed E-state index contributed by atoms with van der Waals surface area (Å²) in [6.07, 6.45) is 0. The van der Waals surface area contributed by atoms with Gasteiger partial charge >= 0.3 is 5.97 Å². The zero-order chi connectivity index (χ0) is 14.4. The summed E-state index contributed by atoms with van der Waals surface area (Å²) in [5, 5.41) is 11.6. The molecule has 2 atom stereocenters. The fourth-order valence-electron chi connectivity index (χ4n) is 1.85. The van der Waals surface area contributed by atoms with E-state index in [1.807, 2.05) is 30.3 Å². The number of carbonyl (C=O) groups is 2. The summed E-state index contributed by atoms with van der Waals surface area (Å²) >= 11 is 0. The first kappa shape index (κ1) is 15.2. The molecule has 0 aromatic heterocycles. The minimum absolute atomic E-state index is 0.139. The third kappa shape index (κ3) is 4.06. The number of nitrogens with two attached hydrogens (primary N) is 1. The predicted octanol–water partition coefficient (Wildman–Crippen LogP) is 0.954. The Hall–Kier alpha value is -1.88. The van der Waals surface area contributed by atoms with Crippen LogP contribution < -0.4 is 11.1 Å². The van der Waals surface area contributed by atoms with Crippen molar-refractivity contribution >= 4 is 11.9 Å². The molecule has 1 aromatic rings. The molecule has 0 saturated heterocycles. The Morgan fingerprint density at radius 2 is 1.84 bits per heavy atom. The molecule has 104 valence electrons. The molecule has 5 heteroatoms. The number of amides is 1. The summed E-state index contributed by atoms with van der Waals surface area (Å²) in [4.78, 5) is 23.2. The first-order valence-electron chi connectivity index (χ1n) is 6.25. The van der Waals surface area contributed by atoms with Crippen molar-refractivity contribution in [2.45, 2.75) is 25.8 Å². The highest BCUT2D eigenvalue weighted by atomic mass is 16.4. The van der Waals surface area contributed by atoms with Gasteiger partial charge in [-0.15, -0.1) is 0 Å². The smallest absolute Gasteiger partial charge is 0.326 e. The number of carboxylic acid groups (broad SMARTS) is 1. The lowest BCUT2D eigenvalue weighted by atomic mass is 9.96. The molecule has 0 radical (unpaired) electrons. The van der Waals surface area contributed by atoms with Crippen LogP contribution in [0.2, 0.25) is 0 Å². The second-order valence-corrected chi connectivity index (χ2v) is 4.77. The fraction of sp³-hybridized carbons (Fsp3) is 0.429. The summed E-state index contributed by atoms with van der Waals surface area (Å²) in [7, 11) is 0. The molecular formula is C14H20N2O3. The predicted molar refractivity (Wildman–Crippen MR) is 72.6 cm³/mol. The molecular weight excluding hydrogens is 244 g/mol. The maximum atomic E-state index is 12.1. The topological polar surface area (TPSA) is 92.4 Å². The standard InChI is InChI=1S/C14H20N2O3/c1-9(2)12(14(18)19)16-13(17)11(8-15)10-6-4-3-5-7-10/h3-7,9,11-12H,8,15H2,1-2H3,(H,16,17)(H,18,19)/t11?,12-/m1/s1. The molecule has 0 aliphatic carbocycles. The molecule has 0 aliphatic heterocycles. The monoisotopic (exact) mass is 264 g/mol. The maximum absolute atomic E-state index is 12.1. The van der Waals surface area contributed by atoms with Gasteiger partial charge in [0, 0.05) is 6.54 Å². The van der Waals surface area contributed by atoms with Gasteiger partial charge in [0.15, 0.2) is 0 Å². The number of carboxylic acids is 1. The number of aliphatic carboxylic acids is 1. The Kier molecular flexibility index (Phi) is 5.51. The minimum atomic E-state index is -1.04. The van der Waals surface area contributed by atoms with Gasteiger partial charge < -0.3 is 16.2 Å². The van der Waals surface area contributed by atoms with Crippen LogP contribution in [-0.4, -0.2) is 29.6 Å². The summed E-state index contributed by atoms with van der Waals surface area (Å²) < 4.78 is 0. The first-order valence-corrected chi connectivity index (χ1v) is 6.25. The quantitative estimate of drug-likeness (QED) is 0.713. The third-order valence-corrected chi connectivity index (χ3v) is 2.98. The van der Waals surface area contributed by atoms with Gasteiger partial charge in [0.1, 0.15) is 6.04 Å². The molecule has 0 saturated carbocycles. The van der Waals surface area contributed by atoms with Gasteiger partial charge in [-0.2, -0.15) is 0 Å². The summed E-state index contributed by atoms with van der Waals surface area (Å²) in [6, 6.07) is 8.21. The van der Waals surface area contributed by atoms with Gasteiger partial charge in [-0.05, 0) is 11.5 Å². The molecule has 5 nitrogen and oxygen atoms in total. The van der Waals surface area contributed by atoms with Crippen molar-refractivity contribution in [1.82, 2.24) is 5.32 Å². The van der Waals surface area contributed by atoms with Crippen LogP contribution in [0.1, 0.15) is 25.3 Å². The van der Waals surface area contributed by atoms with E-state index in [2.05, 4.69) is 5.32 Å². The van der Waals surface area contributed by atoms with Crippen molar-refractivity contribution in [3.05, 3.63) is 35.9 Å². The molecule has 1 amide bonds. The van der Waals surface area contributed by atoms with E-state index in [1.54, 1.807) is 13.8 Å². The highest BCUT2D eigenvalue weighted by Crippen LogP contribution is 2.15. The average molecular weight is 264 g/mol. The second kappa shape index (κ2) is 6.89. The van der Waals surface area contributed by atoms with E-state index in [4.69, 9.17) is 10.8 Å². The molecule has 0 fully saturated rings. The van der Waals surface area contributed by atoms with Gasteiger partial charge in [-0.1, -0.05) is 44.2 Å². The number of carbonyl (C=O) groups excluding carboxylic acids is 1. The largest absolute Gasteiger partial charge is 0.480 e. The van der Waals surface area contributed by atoms with E-state index in [0.717, 1.165) is 5.56 Å². The van der Waals surface area contributed by atoms with Crippen molar-refractivity contribution in [3.63, 3.8) is 0 Å². The van der Waals surface area contributed by atoms with Gasteiger partial charge in [0.25, 0.3) is 0 Å². The molecule has 0 aliphatic rings. The summed E-state index contributed by atoms with van der Waals surface area (Å²) in [5.74, 6) is -2.10. The van der Waals surface area contributed by atoms with Gasteiger partial charge in [0.2, 0.25) is 5.91 Å². The third-order valence-electron chi connectivity index (χ3n) is 2.98. The second-order valence-electron chi connectivity index (χ2n) is 4.77. The Labute approximate surface area is 112 Å². The number of benzene rings is 1. The van der Waals surface area contributed by atoms with Crippen molar-refractivity contribution < 1.29 is 14.7 Å². The molecule has 4 N–H and O–H groups in total. The van der Waals surface area contributed by atoms with Crippen LogP contribution in [0, 0.1) is 5.92 Å². The van der Waals surface area contributed by atoms with Crippen LogP contribution >= 0.6 is 0 Å². The summed E-state index contributed by atoms with van der Waals surface area (Å²) in [5.41, 5.74) is 6.41. The lowest BCUT2D eigenvalue weighted by Gasteiger charge is -2.21. The molecule has 1 rings (SSSR count). The van der Waals surface area contributed by atoms with Crippen molar-refractivity contribution in [3.8, 4) is 0 Å². The lowest BCUT2D eigenvalue weighted by Crippen LogP contribution is -2.47. The van der Waals surface area contributed by atoms with E-state index in [9.17, 15) is 9.59 Å². The molecule has 0 bridgehead atoms. The lowest BCUT2D eigenvalue weighted by molar-refractivity contribution is -0.143. The molecule has 1 aromatic carbocycles. The summed E-state index contributed by atoms with van der Waals surface area (Å²) in [6.45, 7) is 3.64. The minimum Gasteiger partial charge on any atom is -0.480 e. The van der Waals surface area contributed by atoms with Crippen LogP contribution in [0.5, 0.6) is 0 Å². The van der Waals surface area contributed by atoms with Crippen LogP contribution in [0.25, 0.3) is 0 Å². The van der Waals surface area contributed by atoms with Gasteiger partial charge in [0.05, 0.1) is 5.92 Å².